The number of ether oxygens (including phenoxy) is 1. The maximum Gasteiger partial charge on any atom is 0.261 e. The van der Waals surface area contributed by atoms with E-state index in [1.54, 1.807) is 11.8 Å². The van der Waals surface area contributed by atoms with Gasteiger partial charge in [-0.2, -0.15) is 0 Å². The summed E-state index contributed by atoms with van der Waals surface area (Å²) in [5.41, 5.74) is 3.21. The van der Waals surface area contributed by atoms with Crippen LogP contribution in [-0.4, -0.2) is 35.9 Å². The first-order chi connectivity index (χ1) is 13.3. The lowest BCUT2D eigenvalue weighted by Crippen LogP contribution is -2.49. The standard InChI is InChI=1S/C22H27BrN2O3/c1-5-24-22(27)17(4)25(13-18-7-6-8-19(23)12-18)21(26)14-28-20-10-9-15(2)16(3)11-20/h6-12,17H,5,13-14H2,1-4H3,(H,24,27)/t17-/m1/s1. The van der Waals surface area contributed by atoms with Crippen LogP contribution in [0.5, 0.6) is 5.75 Å². The van der Waals surface area contributed by atoms with E-state index in [2.05, 4.69) is 21.2 Å². The Labute approximate surface area is 175 Å². The van der Waals surface area contributed by atoms with Crippen LogP contribution in [0.15, 0.2) is 46.9 Å². The Morgan fingerprint density at radius 1 is 1.14 bits per heavy atom. The Morgan fingerprint density at radius 2 is 1.89 bits per heavy atom. The van der Waals surface area contributed by atoms with Gasteiger partial charge in [-0.3, -0.25) is 9.59 Å². The average Bonchev–Trinajstić information content (AvgIpc) is 2.66. The van der Waals surface area contributed by atoms with Crippen molar-refractivity contribution in [2.75, 3.05) is 13.2 Å². The normalized spacial score (nSPS) is 11.6. The van der Waals surface area contributed by atoms with E-state index in [9.17, 15) is 9.59 Å². The van der Waals surface area contributed by atoms with Gasteiger partial charge in [-0.15, -0.1) is 0 Å². The number of benzene rings is 2. The number of likely N-dealkylation sites (N-methyl/N-ethyl adjacent to an activating group) is 1. The third-order valence-corrected chi connectivity index (χ3v) is 5.09. The summed E-state index contributed by atoms with van der Waals surface area (Å²) < 4.78 is 6.63. The predicted octanol–water partition coefficient (Wildman–Crippen LogP) is 4.00. The second-order valence-electron chi connectivity index (χ2n) is 6.76. The van der Waals surface area contributed by atoms with Gasteiger partial charge in [-0.05, 0) is 68.7 Å². The summed E-state index contributed by atoms with van der Waals surface area (Å²) in [4.78, 5) is 26.8. The van der Waals surface area contributed by atoms with Crippen LogP contribution in [0.3, 0.4) is 0 Å². The number of carbonyl (C=O) groups is 2. The zero-order valence-corrected chi connectivity index (χ0v) is 18.4. The van der Waals surface area contributed by atoms with Gasteiger partial charge in [-0.25, -0.2) is 0 Å². The van der Waals surface area contributed by atoms with Crippen LogP contribution in [0.4, 0.5) is 0 Å². The Kier molecular flexibility index (Phi) is 8.05. The predicted molar refractivity (Wildman–Crippen MR) is 114 cm³/mol. The first-order valence-electron chi connectivity index (χ1n) is 9.33. The van der Waals surface area contributed by atoms with Crippen molar-refractivity contribution in [1.29, 1.82) is 0 Å². The zero-order valence-electron chi connectivity index (χ0n) is 16.8. The van der Waals surface area contributed by atoms with Crippen molar-refractivity contribution in [2.45, 2.75) is 40.3 Å². The van der Waals surface area contributed by atoms with Crippen LogP contribution in [-0.2, 0) is 16.1 Å². The Balaban J connectivity index is 2.15. The number of aryl methyl sites for hydroxylation is 2. The molecule has 1 N–H and O–H groups in total. The maximum atomic E-state index is 12.9. The molecule has 2 rings (SSSR count). The van der Waals surface area contributed by atoms with E-state index < -0.39 is 6.04 Å². The molecule has 0 aliphatic heterocycles. The topological polar surface area (TPSA) is 58.6 Å². The van der Waals surface area contributed by atoms with E-state index in [4.69, 9.17) is 4.74 Å². The third kappa shape index (κ3) is 6.09. The number of rotatable bonds is 8. The van der Waals surface area contributed by atoms with Crippen LogP contribution < -0.4 is 10.1 Å². The smallest absolute Gasteiger partial charge is 0.261 e. The molecule has 0 aliphatic rings. The molecular weight excluding hydrogens is 420 g/mol. The number of hydrogen-bond donors (Lipinski definition) is 1. The van der Waals surface area contributed by atoms with Crippen molar-refractivity contribution in [3.8, 4) is 5.75 Å². The zero-order chi connectivity index (χ0) is 20.7. The van der Waals surface area contributed by atoms with E-state index >= 15 is 0 Å². The van der Waals surface area contributed by atoms with E-state index in [0.29, 0.717) is 18.8 Å². The lowest BCUT2D eigenvalue weighted by Gasteiger charge is -2.28. The summed E-state index contributed by atoms with van der Waals surface area (Å²) in [6, 6.07) is 12.8. The second kappa shape index (κ2) is 10.3. The van der Waals surface area contributed by atoms with Crippen LogP contribution >= 0.6 is 15.9 Å². The largest absolute Gasteiger partial charge is 0.484 e. The van der Waals surface area contributed by atoms with Crippen molar-refractivity contribution >= 4 is 27.7 Å². The molecule has 0 saturated heterocycles. The van der Waals surface area contributed by atoms with Crippen LogP contribution in [0.1, 0.15) is 30.5 Å². The molecule has 150 valence electrons. The molecule has 0 heterocycles. The van der Waals surface area contributed by atoms with E-state index in [0.717, 1.165) is 15.6 Å². The fraction of sp³-hybridized carbons (Fsp3) is 0.364. The highest BCUT2D eigenvalue weighted by Gasteiger charge is 2.26. The second-order valence-corrected chi connectivity index (χ2v) is 7.67. The number of carbonyl (C=O) groups excluding carboxylic acids is 2. The molecule has 0 radical (unpaired) electrons. The molecule has 2 amide bonds. The minimum absolute atomic E-state index is 0.125. The number of nitrogens with one attached hydrogen (secondary N) is 1. The summed E-state index contributed by atoms with van der Waals surface area (Å²) in [5.74, 6) is 0.221. The van der Waals surface area contributed by atoms with Gasteiger partial charge in [0.05, 0.1) is 0 Å². The molecule has 1 atom stereocenters. The maximum absolute atomic E-state index is 12.9. The third-order valence-electron chi connectivity index (χ3n) is 4.60. The molecule has 0 fully saturated rings. The van der Waals surface area contributed by atoms with Gasteiger partial charge in [0, 0.05) is 17.6 Å². The molecule has 2 aromatic rings. The number of amides is 2. The van der Waals surface area contributed by atoms with Crippen molar-refractivity contribution < 1.29 is 14.3 Å². The van der Waals surface area contributed by atoms with Gasteiger partial charge < -0.3 is 15.0 Å². The fourth-order valence-electron chi connectivity index (χ4n) is 2.77. The molecule has 6 heteroatoms. The van der Waals surface area contributed by atoms with Crippen LogP contribution in [0.2, 0.25) is 0 Å². The van der Waals surface area contributed by atoms with Crippen LogP contribution in [0, 0.1) is 13.8 Å². The fourth-order valence-corrected chi connectivity index (χ4v) is 3.21. The molecule has 0 bridgehead atoms. The van der Waals surface area contributed by atoms with Crippen molar-refractivity contribution in [3.63, 3.8) is 0 Å². The van der Waals surface area contributed by atoms with E-state index in [1.807, 2.05) is 63.2 Å². The molecule has 0 saturated carbocycles. The highest BCUT2D eigenvalue weighted by Crippen LogP contribution is 2.18. The molecule has 0 aromatic heterocycles. The summed E-state index contributed by atoms with van der Waals surface area (Å²) >= 11 is 3.45. The van der Waals surface area contributed by atoms with Crippen molar-refractivity contribution in [2.24, 2.45) is 0 Å². The molecule has 0 spiro atoms. The molecule has 5 nitrogen and oxygen atoms in total. The first kappa shape index (κ1) is 22.0. The van der Waals surface area contributed by atoms with E-state index in [-0.39, 0.29) is 18.4 Å². The van der Waals surface area contributed by atoms with Gasteiger partial charge in [-0.1, -0.05) is 34.1 Å². The number of halogens is 1. The minimum atomic E-state index is -0.602. The molecule has 0 aliphatic carbocycles. The highest BCUT2D eigenvalue weighted by molar-refractivity contribution is 9.10. The first-order valence-corrected chi connectivity index (χ1v) is 10.1. The minimum Gasteiger partial charge on any atom is -0.484 e. The lowest BCUT2D eigenvalue weighted by molar-refractivity contribution is -0.142. The van der Waals surface area contributed by atoms with Crippen molar-refractivity contribution in [3.05, 3.63) is 63.6 Å². The summed E-state index contributed by atoms with van der Waals surface area (Å²) in [6.07, 6.45) is 0. The Hall–Kier alpha value is -2.34. The SMILES string of the molecule is CCNC(=O)[C@@H](C)N(Cc1cccc(Br)c1)C(=O)COc1ccc(C)c(C)c1. The molecule has 0 unspecified atom stereocenters. The Morgan fingerprint density at radius 3 is 2.54 bits per heavy atom. The van der Waals surface area contributed by atoms with Gasteiger partial charge in [0.2, 0.25) is 5.91 Å². The number of nitrogens with zero attached hydrogens (tertiary/aromatic N) is 1. The average molecular weight is 447 g/mol. The van der Waals surface area contributed by atoms with E-state index in [1.165, 1.54) is 5.56 Å². The van der Waals surface area contributed by atoms with Gasteiger partial charge >= 0.3 is 0 Å². The molecule has 28 heavy (non-hydrogen) atoms. The van der Waals surface area contributed by atoms with Crippen molar-refractivity contribution in [1.82, 2.24) is 10.2 Å². The summed E-state index contributed by atoms with van der Waals surface area (Å²) in [7, 11) is 0. The van der Waals surface area contributed by atoms with Gasteiger partial charge in [0.15, 0.2) is 6.61 Å². The van der Waals surface area contributed by atoms with Crippen LogP contribution in [0.25, 0.3) is 0 Å². The number of hydrogen-bond acceptors (Lipinski definition) is 3. The van der Waals surface area contributed by atoms with Gasteiger partial charge in [0.1, 0.15) is 11.8 Å². The van der Waals surface area contributed by atoms with Gasteiger partial charge in [0.25, 0.3) is 5.91 Å². The summed E-state index contributed by atoms with van der Waals surface area (Å²) in [5, 5.41) is 2.78. The highest BCUT2D eigenvalue weighted by atomic mass is 79.9. The lowest BCUT2D eigenvalue weighted by atomic mass is 10.1. The monoisotopic (exact) mass is 446 g/mol. The Bertz CT molecular complexity index is 838. The molecular formula is C22H27BrN2O3. The molecule has 2 aromatic carbocycles. The summed E-state index contributed by atoms with van der Waals surface area (Å²) in [6.45, 7) is 8.33. The quantitative estimate of drug-likeness (QED) is 0.666.